The standard InChI is InChI=1S/C27H42BrN7O/c1-6-9-25(36)34(7-2)13-8-12-29-26-23(28)19-30-27(32-26)31-24-11-10-21(18-22(24)20(3)4)35-16-14-33(5)15-17-35/h10-11,18-20H,6-9,12-17H2,1-5H3,(H2,29,30,31,32). The van der Waals surface area contributed by atoms with Crippen LogP contribution in [0.3, 0.4) is 0 Å². The molecule has 1 aromatic carbocycles. The molecule has 2 aromatic rings. The minimum atomic E-state index is 0.231. The van der Waals surface area contributed by atoms with Gasteiger partial charge in [-0.25, -0.2) is 4.98 Å². The molecule has 198 valence electrons. The van der Waals surface area contributed by atoms with Crippen LogP contribution < -0.4 is 15.5 Å². The van der Waals surface area contributed by atoms with Crippen LogP contribution in [-0.4, -0.2) is 78.5 Å². The second-order valence-corrected chi connectivity index (χ2v) is 10.6. The van der Waals surface area contributed by atoms with E-state index in [9.17, 15) is 4.79 Å². The van der Waals surface area contributed by atoms with Crippen molar-refractivity contribution in [1.29, 1.82) is 0 Å². The van der Waals surface area contributed by atoms with E-state index in [-0.39, 0.29) is 5.91 Å². The van der Waals surface area contributed by atoms with Gasteiger partial charge in [0.1, 0.15) is 5.82 Å². The predicted molar refractivity (Wildman–Crippen MR) is 154 cm³/mol. The van der Waals surface area contributed by atoms with Gasteiger partial charge in [-0.05, 0) is 72.4 Å². The fourth-order valence-corrected chi connectivity index (χ4v) is 4.71. The summed E-state index contributed by atoms with van der Waals surface area (Å²) in [7, 11) is 2.18. The lowest BCUT2D eigenvalue weighted by Crippen LogP contribution is -2.44. The minimum absolute atomic E-state index is 0.231. The second kappa shape index (κ2) is 13.8. The number of hydrogen-bond acceptors (Lipinski definition) is 7. The van der Waals surface area contributed by atoms with Crippen LogP contribution in [-0.2, 0) is 4.79 Å². The largest absolute Gasteiger partial charge is 0.369 e. The van der Waals surface area contributed by atoms with Crippen LogP contribution in [0.1, 0.15) is 58.4 Å². The molecule has 1 aromatic heterocycles. The molecule has 0 atom stereocenters. The minimum Gasteiger partial charge on any atom is -0.369 e. The maximum atomic E-state index is 12.2. The molecule has 1 aliphatic heterocycles. The number of halogens is 1. The van der Waals surface area contributed by atoms with Crippen molar-refractivity contribution >= 4 is 45.0 Å². The Morgan fingerprint density at radius 1 is 1.19 bits per heavy atom. The van der Waals surface area contributed by atoms with E-state index < -0.39 is 0 Å². The van der Waals surface area contributed by atoms with Crippen molar-refractivity contribution in [2.45, 2.75) is 52.9 Å². The van der Waals surface area contributed by atoms with Crippen molar-refractivity contribution < 1.29 is 4.79 Å². The molecule has 2 heterocycles. The molecule has 1 amide bonds. The number of carbonyl (C=O) groups excluding carboxylic acids is 1. The summed E-state index contributed by atoms with van der Waals surface area (Å²) >= 11 is 3.56. The Balaban J connectivity index is 1.64. The number of aromatic nitrogens is 2. The number of anilines is 4. The molecule has 1 aliphatic rings. The van der Waals surface area contributed by atoms with Gasteiger partial charge in [0.05, 0.1) is 4.47 Å². The van der Waals surface area contributed by atoms with E-state index in [1.54, 1.807) is 6.20 Å². The first kappa shape index (κ1) is 28.2. The van der Waals surface area contributed by atoms with E-state index in [0.717, 1.165) is 74.6 Å². The lowest BCUT2D eigenvalue weighted by molar-refractivity contribution is -0.131. The molecule has 9 heteroatoms. The first-order valence-electron chi connectivity index (χ1n) is 13.2. The predicted octanol–water partition coefficient (Wildman–Crippen LogP) is 5.31. The van der Waals surface area contributed by atoms with Gasteiger partial charge in [-0.3, -0.25) is 4.79 Å². The molecule has 0 bridgehead atoms. The quantitative estimate of drug-likeness (QED) is 0.341. The van der Waals surface area contributed by atoms with E-state index in [1.807, 2.05) is 18.7 Å². The fraction of sp³-hybridized carbons (Fsp3) is 0.593. The van der Waals surface area contributed by atoms with Crippen LogP contribution in [0.25, 0.3) is 0 Å². The highest BCUT2D eigenvalue weighted by molar-refractivity contribution is 9.10. The first-order valence-corrected chi connectivity index (χ1v) is 14.0. The average molecular weight is 561 g/mol. The zero-order chi connectivity index (χ0) is 26.1. The van der Waals surface area contributed by atoms with Crippen molar-refractivity contribution in [2.75, 3.05) is 68.4 Å². The van der Waals surface area contributed by atoms with Gasteiger partial charge in [-0.2, -0.15) is 4.98 Å². The maximum absolute atomic E-state index is 12.2. The molecule has 3 rings (SSSR count). The van der Waals surface area contributed by atoms with E-state index in [0.29, 0.717) is 18.3 Å². The molecule has 0 radical (unpaired) electrons. The number of carbonyl (C=O) groups is 1. The molecular weight excluding hydrogens is 518 g/mol. The summed E-state index contributed by atoms with van der Waals surface area (Å²) in [5.41, 5.74) is 3.56. The summed E-state index contributed by atoms with van der Waals surface area (Å²) in [4.78, 5) is 28.1. The number of likely N-dealkylation sites (N-methyl/N-ethyl adjacent to an activating group) is 1. The number of piperazine rings is 1. The molecule has 36 heavy (non-hydrogen) atoms. The van der Waals surface area contributed by atoms with Crippen molar-refractivity contribution in [2.24, 2.45) is 0 Å². The monoisotopic (exact) mass is 559 g/mol. The van der Waals surface area contributed by atoms with Gasteiger partial charge >= 0.3 is 0 Å². The highest BCUT2D eigenvalue weighted by atomic mass is 79.9. The third-order valence-corrected chi connectivity index (χ3v) is 7.19. The van der Waals surface area contributed by atoms with Gasteiger partial charge in [-0.1, -0.05) is 20.8 Å². The first-order chi connectivity index (χ1) is 17.3. The Labute approximate surface area is 225 Å². The Kier molecular flexibility index (Phi) is 10.8. The summed E-state index contributed by atoms with van der Waals surface area (Å²) in [6.07, 6.45) is 4.12. The van der Waals surface area contributed by atoms with E-state index in [4.69, 9.17) is 4.98 Å². The summed E-state index contributed by atoms with van der Waals surface area (Å²) in [6.45, 7) is 15.0. The van der Waals surface area contributed by atoms with Crippen LogP contribution in [0, 0.1) is 0 Å². The number of hydrogen-bond donors (Lipinski definition) is 2. The van der Waals surface area contributed by atoms with E-state index >= 15 is 0 Å². The highest BCUT2D eigenvalue weighted by Gasteiger charge is 2.17. The van der Waals surface area contributed by atoms with Crippen LogP contribution in [0.2, 0.25) is 0 Å². The normalized spacial score (nSPS) is 14.2. The van der Waals surface area contributed by atoms with Crippen LogP contribution in [0.4, 0.5) is 23.1 Å². The summed E-state index contributed by atoms with van der Waals surface area (Å²) in [5, 5.41) is 6.84. The van der Waals surface area contributed by atoms with Crippen LogP contribution in [0.5, 0.6) is 0 Å². The van der Waals surface area contributed by atoms with E-state index in [2.05, 4.69) is 80.4 Å². The van der Waals surface area contributed by atoms with Gasteiger partial charge in [0.25, 0.3) is 0 Å². The smallest absolute Gasteiger partial charge is 0.229 e. The molecule has 0 spiro atoms. The van der Waals surface area contributed by atoms with Gasteiger partial charge in [0.15, 0.2) is 0 Å². The Morgan fingerprint density at radius 2 is 1.94 bits per heavy atom. The van der Waals surface area contributed by atoms with Crippen molar-refractivity contribution in [3.8, 4) is 0 Å². The topological polar surface area (TPSA) is 76.6 Å². The number of rotatable bonds is 12. The summed E-state index contributed by atoms with van der Waals surface area (Å²) < 4.78 is 0.817. The van der Waals surface area contributed by atoms with Gasteiger partial charge < -0.3 is 25.3 Å². The molecular formula is C27H42BrN7O. The number of nitrogens with zero attached hydrogens (tertiary/aromatic N) is 5. The number of benzene rings is 1. The average Bonchev–Trinajstić information content (AvgIpc) is 2.86. The van der Waals surface area contributed by atoms with Crippen LogP contribution in [0.15, 0.2) is 28.9 Å². The van der Waals surface area contributed by atoms with Crippen molar-refractivity contribution in [1.82, 2.24) is 19.8 Å². The number of nitrogens with one attached hydrogen (secondary N) is 2. The molecule has 1 fully saturated rings. The Morgan fingerprint density at radius 3 is 2.61 bits per heavy atom. The zero-order valence-electron chi connectivity index (χ0n) is 22.5. The zero-order valence-corrected chi connectivity index (χ0v) is 24.1. The lowest BCUT2D eigenvalue weighted by Gasteiger charge is -2.34. The molecule has 0 aliphatic carbocycles. The van der Waals surface area contributed by atoms with Gasteiger partial charge in [0.2, 0.25) is 11.9 Å². The SMILES string of the molecule is CCCC(=O)N(CC)CCCNc1nc(Nc2ccc(N3CCN(C)CC3)cc2C(C)C)ncc1Br. The van der Waals surface area contributed by atoms with Gasteiger partial charge in [-0.15, -0.1) is 0 Å². The fourth-order valence-electron chi connectivity index (χ4n) is 4.38. The Bertz CT molecular complexity index is 992. The summed E-state index contributed by atoms with van der Waals surface area (Å²) in [6, 6.07) is 6.64. The van der Waals surface area contributed by atoms with E-state index in [1.165, 1.54) is 11.3 Å². The molecule has 0 saturated carbocycles. The third kappa shape index (κ3) is 7.80. The third-order valence-electron chi connectivity index (χ3n) is 6.61. The van der Waals surface area contributed by atoms with Crippen LogP contribution >= 0.6 is 15.9 Å². The summed E-state index contributed by atoms with van der Waals surface area (Å²) in [5.74, 6) is 1.90. The molecule has 1 saturated heterocycles. The molecule has 8 nitrogen and oxygen atoms in total. The molecule has 2 N–H and O–H groups in total. The van der Waals surface area contributed by atoms with Gasteiger partial charge in [0, 0.05) is 69.8 Å². The van der Waals surface area contributed by atoms with Crippen molar-refractivity contribution in [3.05, 3.63) is 34.4 Å². The maximum Gasteiger partial charge on any atom is 0.229 e. The Hall–Kier alpha value is -2.39. The van der Waals surface area contributed by atoms with Crippen molar-refractivity contribution in [3.63, 3.8) is 0 Å². The number of amides is 1. The molecule has 0 unspecified atom stereocenters. The lowest BCUT2D eigenvalue weighted by atomic mass is 9.99. The highest BCUT2D eigenvalue weighted by Crippen LogP contribution is 2.31. The second-order valence-electron chi connectivity index (χ2n) is 9.74.